The summed E-state index contributed by atoms with van der Waals surface area (Å²) in [4.78, 5) is 13.3. The second kappa shape index (κ2) is 6.84. The van der Waals surface area contributed by atoms with Crippen LogP contribution in [0.25, 0.3) is 0 Å². The van der Waals surface area contributed by atoms with Crippen LogP contribution in [0.15, 0.2) is 72.8 Å². The lowest BCUT2D eigenvalue weighted by Gasteiger charge is -2.22. The van der Waals surface area contributed by atoms with Gasteiger partial charge in [-0.2, -0.15) is 0 Å². The van der Waals surface area contributed by atoms with Crippen LogP contribution in [0.4, 0.5) is 0 Å². The van der Waals surface area contributed by atoms with E-state index >= 15 is 0 Å². The van der Waals surface area contributed by atoms with Gasteiger partial charge in [-0.05, 0) is 43.0 Å². The smallest absolute Gasteiger partial charge is 0.174 e. The van der Waals surface area contributed by atoms with Gasteiger partial charge >= 0.3 is 0 Å². The van der Waals surface area contributed by atoms with Gasteiger partial charge in [0.2, 0.25) is 0 Å². The van der Waals surface area contributed by atoms with E-state index in [2.05, 4.69) is 32.9 Å². The molecule has 0 aliphatic heterocycles. The average Bonchev–Trinajstić information content (AvgIpc) is 2.59. The van der Waals surface area contributed by atoms with Crippen LogP contribution < -0.4 is 0 Å². The topological polar surface area (TPSA) is 17.1 Å². The zero-order valence-corrected chi connectivity index (χ0v) is 14.4. The summed E-state index contributed by atoms with van der Waals surface area (Å²) in [5.74, 6) is -0.119. The Balaban J connectivity index is 2.19. The van der Waals surface area contributed by atoms with Crippen molar-refractivity contribution in [1.29, 1.82) is 0 Å². The Hall–Kier alpha value is -2.67. The van der Waals surface area contributed by atoms with E-state index in [0.29, 0.717) is 0 Å². The number of Topliss-reactive ketones (excluding diaryl/α,β-unsaturated/α-hetero) is 1. The van der Waals surface area contributed by atoms with Gasteiger partial charge in [-0.3, -0.25) is 4.79 Å². The number of carbonyl (C=O) groups is 1. The number of benzene rings is 3. The van der Waals surface area contributed by atoms with E-state index in [1.54, 1.807) is 0 Å². The lowest BCUT2D eigenvalue weighted by Crippen LogP contribution is -2.17. The molecule has 0 N–H and O–H groups in total. The number of aryl methyl sites for hydroxylation is 3. The van der Waals surface area contributed by atoms with Gasteiger partial charge in [0.25, 0.3) is 0 Å². The van der Waals surface area contributed by atoms with Crippen LogP contribution in [0.3, 0.4) is 0 Å². The third-order valence-corrected chi connectivity index (χ3v) is 4.48. The number of rotatable bonds is 4. The second-order valence-corrected chi connectivity index (χ2v) is 6.39. The molecule has 0 heterocycles. The standard InChI is InChI=1S/C23H22O/c1-16-14-17(2)21(18(3)15-16)22(19-10-6-4-7-11-19)23(24)20-12-8-5-9-13-20/h4-15,22H,1-3H3. The van der Waals surface area contributed by atoms with Gasteiger partial charge in [0.1, 0.15) is 0 Å². The monoisotopic (exact) mass is 314 g/mol. The molecule has 0 saturated carbocycles. The maximum atomic E-state index is 13.3. The molecule has 0 aliphatic carbocycles. The first-order chi connectivity index (χ1) is 11.6. The molecule has 0 saturated heterocycles. The fourth-order valence-electron chi connectivity index (χ4n) is 3.51. The molecule has 24 heavy (non-hydrogen) atoms. The molecule has 3 rings (SSSR count). The Morgan fingerprint density at radius 1 is 0.750 bits per heavy atom. The van der Waals surface area contributed by atoms with Crippen LogP contribution in [0.2, 0.25) is 0 Å². The van der Waals surface area contributed by atoms with Crippen molar-refractivity contribution in [1.82, 2.24) is 0 Å². The minimum atomic E-state index is -0.269. The van der Waals surface area contributed by atoms with Crippen molar-refractivity contribution in [3.05, 3.63) is 106 Å². The maximum Gasteiger partial charge on any atom is 0.174 e. The highest BCUT2D eigenvalue weighted by atomic mass is 16.1. The van der Waals surface area contributed by atoms with Crippen LogP contribution in [0.5, 0.6) is 0 Å². The molecular formula is C23H22O. The Morgan fingerprint density at radius 2 is 1.25 bits per heavy atom. The van der Waals surface area contributed by atoms with Crippen LogP contribution >= 0.6 is 0 Å². The van der Waals surface area contributed by atoms with Crippen LogP contribution in [0.1, 0.15) is 44.1 Å². The Kier molecular flexibility index (Phi) is 4.61. The van der Waals surface area contributed by atoms with Gasteiger partial charge in [0, 0.05) is 5.56 Å². The van der Waals surface area contributed by atoms with Crippen LogP contribution in [-0.4, -0.2) is 5.78 Å². The molecule has 0 spiro atoms. The first-order valence-corrected chi connectivity index (χ1v) is 8.30. The minimum Gasteiger partial charge on any atom is -0.293 e. The first kappa shape index (κ1) is 16.2. The lowest BCUT2D eigenvalue weighted by atomic mass is 9.80. The van der Waals surface area contributed by atoms with Crippen molar-refractivity contribution in [2.24, 2.45) is 0 Å². The number of hydrogen-bond donors (Lipinski definition) is 0. The molecule has 3 aromatic rings. The van der Waals surface area contributed by atoms with Crippen LogP contribution in [-0.2, 0) is 0 Å². The van der Waals surface area contributed by atoms with Gasteiger partial charge < -0.3 is 0 Å². The molecule has 0 aliphatic rings. The number of hydrogen-bond acceptors (Lipinski definition) is 1. The van der Waals surface area contributed by atoms with Crippen molar-refractivity contribution in [3.8, 4) is 0 Å². The number of carbonyl (C=O) groups excluding carboxylic acids is 1. The van der Waals surface area contributed by atoms with E-state index < -0.39 is 0 Å². The van der Waals surface area contributed by atoms with Gasteiger partial charge in [0.05, 0.1) is 5.92 Å². The molecule has 0 amide bonds. The molecule has 0 fully saturated rings. The molecule has 0 aromatic heterocycles. The summed E-state index contributed by atoms with van der Waals surface area (Å²) in [6.45, 7) is 6.30. The largest absolute Gasteiger partial charge is 0.293 e. The third kappa shape index (κ3) is 3.16. The summed E-state index contributed by atoms with van der Waals surface area (Å²) in [6, 6.07) is 24.0. The van der Waals surface area contributed by atoms with Gasteiger partial charge in [-0.1, -0.05) is 78.4 Å². The predicted octanol–water partition coefficient (Wildman–Crippen LogP) is 5.63. The Morgan fingerprint density at radius 3 is 1.79 bits per heavy atom. The van der Waals surface area contributed by atoms with Crippen molar-refractivity contribution in [3.63, 3.8) is 0 Å². The summed E-state index contributed by atoms with van der Waals surface area (Å²) in [5, 5.41) is 0. The zero-order valence-electron chi connectivity index (χ0n) is 14.4. The first-order valence-electron chi connectivity index (χ1n) is 8.30. The Labute approximate surface area is 144 Å². The summed E-state index contributed by atoms with van der Waals surface area (Å²) < 4.78 is 0. The van der Waals surface area contributed by atoms with Crippen molar-refractivity contribution in [2.45, 2.75) is 26.7 Å². The van der Waals surface area contributed by atoms with Crippen LogP contribution in [0, 0.1) is 20.8 Å². The average molecular weight is 314 g/mol. The van der Waals surface area contributed by atoms with E-state index in [1.165, 1.54) is 16.7 Å². The summed E-state index contributed by atoms with van der Waals surface area (Å²) in [6.07, 6.45) is 0. The fourth-order valence-corrected chi connectivity index (χ4v) is 3.51. The normalized spacial score (nSPS) is 12.0. The molecule has 1 nitrogen and oxygen atoms in total. The molecule has 3 aromatic carbocycles. The van der Waals surface area contributed by atoms with E-state index in [1.807, 2.05) is 60.7 Å². The van der Waals surface area contributed by atoms with Gasteiger partial charge in [-0.25, -0.2) is 0 Å². The zero-order chi connectivity index (χ0) is 17.1. The molecule has 0 radical (unpaired) electrons. The lowest BCUT2D eigenvalue weighted by molar-refractivity contribution is 0.0973. The number of ketones is 1. The highest BCUT2D eigenvalue weighted by molar-refractivity contribution is 6.03. The maximum absolute atomic E-state index is 13.3. The molecule has 1 unspecified atom stereocenters. The van der Waals surface area contributed by atoms with Crippen molar-refractivity contribution in [2.75, 3.05) is 0 Å². The highest BCUT2D eigenvalue weighted by Crippen LogP contribution is 2.33. The Bertz CT molecular complexity index is 825. The molecule has 1 heteroatoms. The predicted molar refractivity (Wildman–Crippen MR) is 99.7 cm³/mol. The van der Waals surface area contributed by atoms with E-state index in [4.69, 9.17) is 0 Å². The van der Waals surface area contributed by atoms with E-state index in [0.717, 1.165) is 16.7 Å². The third-order valence-electron chi connectivity index (χ3n) is 4.48. The molecule has 120 valence electrons. The summed E-state index contributed by atoms with van der Waals surface area (Å²) in [5.41, 5.74) is 6.50. The minimum absolute atomic E-state index is 0.150. The highest BCUT2D eigenvalue weighted by Gasteiger charge is 2.26. The fraction of sp³-hybridized carbons (Fsp3) is 0.174. The van der Waals surface area contributed by atoms with Crippen molar-refractivity contribution >= 4 is 5.78 Å². The van der Waals surface area contributed by atoms with E-state index in [-0.39, 0.29) is 11.7 Å². The van der Waals surface area contributed by atoms with Crippen molar-refractivity contribution < 1.29 is 4.79 Å². The molecular weight excluding hydrogens is 292 g/mol. The molecule has 0 bridgehead atoms. The summed E-state index contributed by atoms with van der Waals surface area (Å²) in [7, 11) is 0. The summed E-state index contributed by atoms with van der Waals surface area (Å²) >= 11 is 0. The van der Waals surface area contributed by atoms with Gasteiger partial charge in [0.15, 0.2) is 5.78 Å². The van der Waals surface area contributed by atoms with E-state index in [9.17, 15) is 4.79 Å². The SMILES string of the molecule is Cc1cc(C)c(C(C(=O)c2ccccc2)c2ccccc2)c(C)c1. The van der Waals surface area contributed by atoms with Gasteiger partial charge in [-0.15, -0.1) is 0 Å². The molecule has 1 atom stereocenters. The quantitative estimate of drug-likeness (QED) is 0.571. The second-order valence-electron chi connectivity index (χ2n) is 6.39.